The number of aromatic hydroxyl groups is 2. The van der Waals surface area contributed by atoms with Gasteiger partial charge in [0.15, 0.2) is 0 Å². The molecule has 0 unspecified atom stereocenters. The van der Waals surface area contributed by atoms with E-state index in [1.165, 1.54) is 12.5 Å². The van der Waals surface area contributed by atoms with E-state index in [0.29, 0.717) is 0 Å². The first kappa shape index (κ1) is 13.0. The highest BCUT2D eigenvalue weighted by molar-refractivity contribution is 5.35. The standard InChI is InChI=1S/C8H8O.C6H6O4/c1-2-4-8-7(3-1)5-6-9-8;1-3-5(8)6(9)4(7)2-10-3/h1-4H,5-6H2;2,7-8H,1H3. The maximum absolute atomic E-state index is 10.6. The maximum atomic E-state index is 10.6. The van der Waals surface area contributed by atoms with Crippen LogP contribution < -0.4 is 10.2 Å². The van der Waals surface area contributed by atoms with E-state index < -0.39 is 16.9 Å². The topological polar surface area (TPSA) is 79.9 Å². The van der Waals surface area contributed by atoms with Gasteiger partial charge in [-0.15, -0.1) is 0 Å². The second kappa shape index (κ2) is 5.48. The van der Waals surface area contributed by atoms with Gasteiger partial charge in [-0.2, -0.15) is 0 Å². The van der Waals surface area contributed by atoms with Crippen LogP contribution in [0.3, 0.4) is 0 Å². The Bertz CT molecular complexity index is 607. The lowest BCUT2D eigenvalue weighted by molar-refractivity contribution is 0.357. The molecule has 0 bridgehead atoms. The number of para-hydroxylation sites is 1. The van der Waals surface area contributed by atoms with Gasteiger partial charge in [0.1, 0.15) is 17.8 Å². The molecule has 1 aliphatic heterocycles. The van der Waals surface area contributed by atoms with Crippen molar-refractivity contribution in [2.45, 2.75) is 13.3 Å². The Morgan fingerprint density at radius 2 is 1.95 bits per heavy atom. The van der Waals surface area contributed by atoms with Crippen LogP contribution in [0.5, 0.6) is 17.2 Å². The van der Waals surface area contributed by atoms with Gasteiger partial charge in [-0.25, -0.2) is 0 Å². The molecule has 0 spiro atoms. The lowest BCUT2D eigenvalue weighted by Gasteiger charge is -1.94. The van der Waals surface area contributed by atoms with Crippen LogP contribution in [0.1, 0.15) is 11.3 Å². The fourth-order valence-electron chi connectivity index (χ4n) is 1.66. The monoisotopic (exact) mass is 262 g/mol. The van der Waals surface area contributed by atoms with Crippen LogP contribution in [-0.2, 0) is 6.42 Å². The van der Waals surface area contributed by atoms with Crippen molar-refractivity contribution >= 4 is 0 Å². The van der Waals surface area contributed by atoms with Crippen molar-refractivity contribution in [2.75, 3.05) is 6.61 Å². The summed E-state index contributed by atoms with van der Waals surface area (Å²) in [4.78, 5) is 10.6. The van der Waals surface area contributed by atoms with Crippen molar-refractivity contribution in [1.82, 2.24) is 0 Å². The van der Waals surface area contributed by atoms with Gasteiger partial charge >= 0.3 is 0 Å². The summed E-state index contributed by atoms with van der Waals surface area (Å²) in [6, 6.07) is 8.18. The molecule has 0 atom stereocenters. The predicted octanol–water partition coefficient (Wildman–Crippen LogP) is 1.98. The first-order valence-corrected chi connectivity index (χ1v) is 5.80. The Balaban J connectivity index is 0.000000141. The normalized spacial score (nSPS) is 12.1. The average molecular weight is 262 g/mol. The third kappa shape index (κ3) is 2.88. The molecule has 19 heavy (non-hydrogen) atoms. The molecular weight excluding hydrogens is 248 g/mol. The Labute approximate surface area is 109 Å². The third-order valence-electron chi connectivity index (χ3n) is 2.73. The molecule has 3 rings (SSSR count). The van der Waals surface area contributed by atoms with Crippen molar-refractivity contribution in [3.63, 3.8) is 0 Å². The van der Waals surface area contributed by atoms with Crippen LogP contribution in [0.4, 0.5) is 0 Å². The van der Waals surface area contributed by atoms with Gasteiger partial charge in [0.05, 0.1) is 6.61 Å². The number of benzene rings is 1. The number of hydrogen-bond donors (Lipinski definition) is 2. The first-order chi connectivity index (χ1) is 9.09. The van der Waals surface area contributed by atoms with Crippen LogP contribution >= 0.6 is 0 Å². The molecule has 1 aromatic heterocycles. The Morgan fingerprint density at radius 3 is 2.63 bits per heavy atom. The number of hydrogen-bond acceptors (Lipinski definition) is 5. The van der Waals surface area contributed by atoms with Crippen LogP contribution in [0.25, 0.3) is 0 Å². The Kier molecular flexibility index (Phi) is 3.75. The van der Waals surface area contributed by atoms with Crippen molar-refractivity contribution in [3.05, 3.63) is 52.1 Å². The molecule has 0 radical (unpaired) electrons. The van der Waals surface area contributed by atoms with E-state index in [-0.39, 0.29) is 5.76 Å². The number of ether oxygens (including phenoxy) is 1. The number of fused-ring (bicyclic) bond motifs is 1. The fourth-order valence-corrected chi connectivity index (χ4v) is 1.66. The SMILES string of the molecule is Cc1occ(O)c(=O)c1O.c1ccc2c(c1)CCO2. The first-order valence-electron chi connectivity index (χ1n) is 5.80. The summed E-state index contributed by atoms with van der Waals surface area (Å²) in [5.41, 5.74) is 0.543. The number of rotatable bonds is 0. The van der Waals surface area contributed by atoms with E-state index in [2.05, 4.69) is 10.5 Å². The van der Waals surface area contributed by atoms with Gasteiger partial charge in [-0.3, -0.25) is 4.79 Å². The van der Waals surface area contributed by atoms with Gasteiger partial charge in [0.2, 0.25) is 11.5 Å². The molecule has 0 aliphatic carbocycles. The highest BCUT2D eigenvalue weighted by atomic mass is 16.5. The van der Waals surface area contributed by atoms with Crippen molar-refractivity contribution < 1.29 is 19.4 Å². The zero-order chi connectivity index (χ0) is 13.8. The van der Waals surface area contributed by atoms with E-state index in [4.69, 9.17) is 14.9 Å². The van der Waals surface area contributed by atoms with Gasteiger partial charge < -0.3 is 19.4 Å². The molecular formula is C14H14O5. The van der Waals surface area contributed by atoms with E-state index in [9.17, 15) is 4.79 Å². The quantitative estimate of drug-likeness (QED) is 0.758. The minimum Gasteiger partial charge on any atom is -0.502 e. The molecule has 2 aromatic rings. The minimum atomic E-state index is -0.802. The highest BCUT2D eigenvalue weighted by Crippen LogP contribution is 2.23. The molecule has 0 saturated heterocycles. The van der Waals surface area contributed by atoms with Crippen molar-refractivity contribution in [1.29, 1.82) is 0 Å². The molecule has 2 N–H and O–H groups in total. The maximum Gasteiger partial charge on any atom is 0.268 e. The minimum absolute atomic E-state index is 0.0998. The summed E-state index contributed by atoms with van der Waals surface area (Å²) in [5, 5.41) is 17.5. The van der Waals surface area contributed by atoms with Crippen LogP contribution in [0.15, 0.2) is 39.7 Å². The average Bonchev–Trinajstić information content (AvgIpc) is 2.90. The van der Waals surface area contributed by atoms with Crippen molar-refractivity contribution in [2.24, 2.45) is 0 Å². The summed E-state index contributed by atoms with van der Waals surface area (Å²) < 4.78 is 9.87. The van der Waals surface area contributed by atoms with Gasteiger partial charge in [-0.05, 0) is 18.6 Å². The van der Waals surface area contributed by atoms with Crippen molar-refractivity contribution in [3.8, 4) is 17.2 Å². The molecule has 0 amide bonds. The molecule has 5 heteroatoms. The van der Waals surface area contributed by atoms with E-state index in [1.54, 1.807) is 0 Å². The largest absolute Gasteiger partial charge is 0.502 e. The van der Waals surface area contributed by atoms with E-state index >= 15 is 0 Å². The smallest absolute Gasteiger partial charge is 0.268 e. The van der Waals surface area contributed by atoms with Crippen LogP contribution in [0, 0.1) is 6.92 Å². The van der Waals surface area contributed by atoms with E-state index in [0.717, 1.165) is 25.0 Å². The molecule has 2 heterocycles. The lowest BCUT2D eigenvalue weighted by Crippen LogP contribution is -1.99. The van der Waals surface area contributed by atoms with Gasteiger partial charge in [0.25, 0.3) is 5.43 Å². The second-order valence-electron chi connectivity index (χ2n) is 4.06. The molecule has 100 valence electrons. The number of aryl methyl sites for hydroxylation is 1. The van der Waals surface area contributed by atoms with Crippen LogP contribution in [-0.4, -0.2) is 16.8 Å². The summed E-state index contributed by atoms with van der Waals surface area (Å²) in [7, 11) is 0. The van der Waals surface area contributed by atoms with Gasteiger partial charge in [0, 0.05) is 6.42 Å². The summed E-state index contributed by atoms with van der Waals surface area (Å²) in [6.07, 6.45) is 1.97. The molecule has 1 aliphatic rings. The molecule has 1 aromatic carbocycles. The zero-order valence-electron chi connectivity index (χ0n) is 10.4. The summed E-state index contributed by atoms with van der Waals surface area (Å²) in [5.74, 6) is 0.0448. The van der Waals surface area contributed by atoms with E-state index in [1.807, 2.05) is 18.2 Å². The highest BCUT2D eigenvalue weighted by Gasteiger charge is 2.08. The fraction of sp³-hybridized carbons (Fsp3) is 0.214. The summed E-state index contributed by atoms with van der Waals surface area (Å²) in [6.45, 7) is 2.29. The zero-order valence-corrected chi connectivity index (χ0v) is 10.4. The third-order valence-corrected chi connectivity index (χ3v) is 2.73. The Hall–Kier alpha value is -2.43. The predicted molar refractivity (Wildman–Crippen MR) is 68.7 cm³/mol. The molecule has 5 nitrogen and oxygen atoms in total. The molecule has 0 saturated carbocycles. The van der Waals surface area contributed by atoms with Crippen LogP contribution in [0.2, 0.25) is 0 Å². The summed E-state index contributed by atoms with van der Waals surface area (Å²) >= 11 is 0. The lowest BCUT2D eigenvalue weighted by atomic mass is 10.2. The Morgan fingerprint density at radius 1 is 1.21 bits per heavy atom. The second-order valence-corrected chi connectivity index (χ2v) is 4.06. The van der Waals surface area contributed by atoms with Gasteiger partial charge in [-0.1, -0.05) is 18.2 Å². The molecule has 0 fully saturated rings.